The van der Waals surface area contributed by atoms with Gasteiger partial charge < -0.3 is 20.3 Å². The standard InChI is InChI=1S/C20H22ClN3O3/c21-18-4-2-1-3-16(18)13-22-14-19(25)23-17-7-5-15(6-8-17)20(26)24-9-11-27-12-10-24/h1-8,22H,9-14H2,(H,23,25). The number of anilines is 1. The summed E-state index contributed by atoms with van der Waals surface area (Å²) in [6.45, 7) is 3.03. The molecule has 2 amide bonds. The largest absolute Gasteiger partial charge is 0.378 e. The van der Waals surface area contributed by atoms with E-state index in [4.69, 9.17) is 16.3 Å². The molecule has 1 aliphatic rings. The Kier molecular flexibility index (Phi) is 6.81. The molecule has 1 fully saturated rings. The Bertz CT molecular complexity index is 789. The molecule has 2 N–H and O–H groups in total. The number of morpholine rings is 1. The van der Waals surface area contributed by atoms with Crippen molar-refractivity contribution >= 4 is 29.1 Å². The molecule has 0 saturated carbocycles. The summed E-state index contributed by atoms with van der Waals surface area (Å²) in [5.74, 6) is -0.174. The highest BCUT2D eigenvalue weighted by atomic mass is 35.5. The van der Waals surface area contributed by atoms with Gasteiger partial charge in [0.2, 0.25) is 5.91 Å². The van der Waals surface area contributed by atoms with Crippen LogP contribution in [0.4, 0.5) is 5.69 Å². The van der Waals surface area contributed by atoms with E-state index in [0.717, 1.165) is 5.56 Å². The Balaban J connectivity index is 1.46. The number of nitrogens with zero attached hydrogens (tertiary/aromatic N) is 1. The third-order valence-electron chi connectivity index (χ3n) is 4.27. The molecule has 0 atom stereocenters. The summed E-state index contributed by atoms with van der Waals surface area (Å²) >= 11 is 6.09. The number of amides is 2. The minimum atomic E-state index is -0.158. The molecule has 0 spiro atoms. The highest BCUT2D eigenvalue weighted by molar-refractivity contribution is 6.31. The summed E-state index contributed by atoms with van der Waals surface area (Å²) in [4.78, 5) is 26.2. The van der Waals surface area contributed by atoms with Gasteiger partial charge in [0.1, 0.15) is 0 Å². The van der Waals surface area contributed by atoms with Crippen molar-refractivity contribution < 1.29 is 14.3 Å². The Morgan fingerprint density at radius 1 is 1.04 bits per heavy atom. The molecule has 1 aliphatic heterocycles. The first kappa shape index (κ1) is 19.4. The maximum atomic E-state index is 12.4. The van der Waals surface area contributed by atoms with Gasteiger partial charge in [-0.3, -0.25) is 9.59 Å². The lowest BCUT2D eigenvalue weighted by molar-refractivity contribution is -0.115. The van der Waals surface area contributed by atoms with Crippen molar-refractivity contribution in [2.75, 3.05) is 38.2 Å². The van der Waals surface area contributed by atoms with E-state index >= 15 is 0 Å². The van der Waals surface area contributed by atoms with Gasteiger partial charge in [-0.05, 0) is 35.9 Å². The minimum absolute atomic E-state index is 0.0161. The van der Waals surface area contributed by atoms with Crippen molar-refractivity contribution in [2.45, 2.75) is 6.54 Å². The van der Waals surface area contributed by atoms with E-state index in [9.17, 15) is 9.59 Å². The second-order valence-corrected chi connectivity index (χ2v) is 6.63. The van der Waals surface area contributed by atoms with Gasteiger partial charge in [-0.2, -0.15) is 0 Å². The first-order valence-electron chi connectivity index (χ1n) is 8.84. The molecule has 0 aromatic heterocycles. The van der Waals surface area contributed by atoms with E-state index in [2.05, 4.69) is 10.6 Å². The second-order valence-electron chi connectivity index (χ2n) is 6.23. The van der Waals surface area contributed by atoms with Crippen LogP contribution in [0.1, 0.15) is 15.9 Å². The van der Waals surface area contributed by atoms with Gasteiger partial charge in [0.15, 0.2) is 0 Å². The van der Waals surface area contributed by atoms with Crippen LogP contribution >= 0.6 is 11.6 Å². The second kappa shape index (κ2) is 9.50. The quantitative estimate of drug-likeness (QED) is 0.799. The maximum Gasteiger partial charge on any atom is 0.254 e. The van der Waals surface area contributed by atoms with E-state index in [1.807, 2.05) is 24.3 Å². The van der Waals surface area contributed by atoms with Crippen LogP contribution in [0.2, 0.25) is 5.02 Å². The number of benzene rings is 2. The van der Waals surface area contributed by atoms with Gasteiger partial charge >= 0.3 is 0 Å². The molecule has 0 radical (unpaired) electrons. The molecule has 1 saturated heterocycles. The molecule has 2 aromatic carbocycles. The zero-order valence-corrected chi connectivity index (χ0v) is 15.7. The molecule has 7 heteroatoms. The Labute approximate surface area is 163 Å². The predicted molar refractivity (Wildman–Crippen MR) is 105 cm³/mol. The number of carbonyl (C=O) groups is 2. The van der Waals surface area contributed by atoms with E-state index in [0.29, 0.717) is 49.1 Å². The van der Waals surface area contributed by atoms with Crippen LogP contribution in [-0.4, -0.2) is 49.6 Å². The molecule has 6 nitrogen and oxygen atoms in total. The highest BCUT2D eigenvalue weighted by Crippen LogP contribution is 2.15. The molecule has 142 valence electrons. The van der Waals surface area contributed by atoms with Crippen molar-refractivity contribution in [2.24, 2.45) is 0 Å². The monoisotopic (exact) mass is 387 g/mol. The predicted octanol–water partition coefficient (Wildman–Crippen LogP) is 2.54. The third kappa shape index (κ3) is 5.53. The van der Waals surface area contributed by atoms with E-state index in [1.54, 1.807) is 29.2 Å². The minimum Gasteiger partial charge on any atom is -0.378 e. The van der Waals surface area contributed by atoms with Gasteiger partial charge in [-0.1, -0.05) is 29.8 Å². The molecule has 0 bridgehead atoms. The number of nitrogens with one attached hydrogen (secondary N) is 2. The molecular formula is C20H22ClN3O3. The van der Waals surface area contributed by atoms with Crippen LogP contribution in [0.3, 0.4) is 0 Å². The fraction of sp³-hybridized carbons (Fsp3) is 0.300. The molecule has 2 aromatic rings. The molecule has 1 heterocycles. The Morgan fingerprint density at radius 2 is 1.74 bits per heavy atom. The smallest absolute Gasteiger partial charge is 0.254 e. The summed E-state index contributed by atoms with van der Waals surface area (Å²) in [7, 11) is 0. The lowest BCUT2D eigenvalue weighted by atomic mass is 10.1. The zero-order chi connectivity index (χ0) is 19.1. The fourth-order valence-corrected chi connectivity index (χ4v) is 3.01. The maximum absolute atomic E-state index is 12.4. The zero-order valence-electron chi connectivity index (χ0n) is 14.9. The van der Waals surface area contributed by atoms with E-state index in [1.165, 1.54) is 0 Å². The SMILES string of the molecule is O=C(CNCc1ccccc1Cl)Nc1ccc(C(=O)N2CCOCC2)cc1. The van der Waals surface area contributed by atoms with E-state index in [-0.39, 0.29) is 18.4 Å². The highest BCUT2D eigenvalue weighted by Gasteiger charge is 2.18. The van der Waals surface area contributed by atoms with Crippen molar-refractivity contribution in [3.8, 4) is 0 Å². The van der Waals surface area contributed by atoms with Crippen LogP contribution in [-0.2, 0) is 16.1 Å². The lowest BCUT2D eigenvalue weighted by Crippen LogP contribution is -2.40. The molecular weight excluding hydrogens is 366 g/mol. The van der Waals surface area contributed by atoms with Crippen LogP contribution in [0.5, 0.6) is 0 Å². The van der Waals surface area contributed by atoms with E-state index < -0.39 is 0 Å². The molecule has 0 unspecified atom stereocenters. The number of hydrogen-bond acceptors (Lipinski definition) is 4. The summed E-state index contributed by atoms with van der Waals surface area (Å²) in [6.07, 6.45) is 0. The Morgan fingerprint density at radius 3 is 2.44 bits per heavy atom. The van der Waals surface area contributed by atoms with Gasteiger partial charge in [0, 0.05) is 35.9 Å². The summed E-state index contributed by atoms with van der Waals surface area (Å²) in [6, 6.07) is 14.4. The average Bonchev–Trinajstić information content (AvgIpc) is 2.70. The normalized spacial score (nSPS) is 14.0. The molecule has 3 rings (SSSR count). The van der Waals surface area contributed by atoms with Crippen molar-refractivity contribution in [3.05, 3.63) is 64.7 Å². The first-order chi connectivity index (χ1) is 13.1. The van der Waals surface area contributed by atoms with Crippen molar-refractivity contribution in [1.82, 2.24) is 10.2 Å². The van der Waals surface area contributed by atoms with Crippen molar-refractivity contribution in [3.63, 3.8) is 0 Å². The van der Waals surface area contributed by atoms with Gasteiger partial charge in [0.05, 0.1) is 19.8 Å². The molecule has 27 heavy (non-hydrogen) atoms. The number of halogens is 1. The lowest BCUT2D eigenvalue weighted by Gasteiger charge is -2.26. The third-order valence-corrected chi connectivity index (χ3v) is 4.64. The van der Waals surface area contributed by atoms with Crippen LogP contribution in [0, 0.1) is 0 Å². The Hall–Kier alpha value is -2.41. The fourth-order valence-electron chi connectivity index (χ4n) is 2.80. The van der Waals surface area contributed by atoms with Gasteiger partial charge in [-0.25, -0.2) is 0 Å². The summed E-state index contributed by atoms with van der Waals surface area (Å²) in [5, 5.41) is 6.55. The molecule has 0 aliphatic carbocycles. The van der Waals surface area contributed by atoms with Crippen LogP contribution in [0.15, 0.2) is 48.5 Å². The number of carbonyl (C=O) groups excluding carboxylic acids is 2. The average molecular weight is 388 g/mol. The topological polar surface area (TPSA) is 70.7 Å². The van der Waals surface area contributed by atoms with Gasteiger partial charge in [-0.15, -0.1) is 0 Å². The number of rotatable bonds is 6. The van der Waals surface area contributed by atoms with Crippen LogP contribution < -0.4 is 10.6 Å². The van der Waals surface area contributed by atoms with Crippen molar-refractivity contribution in [1.29, 1.82) is 0 Å². The first-order valence-corrected chi connectivity index (χ1v) is 9.22. The number of hydrogen-bond donors (Lipinski definition) is 2. The summed E-state index contributed by atoms with van der Waals surface area (Å²) in [5.41, 5.74) is 2.20. The van der Waals surface area contributed by atoms with Gasteiger partial charge in [0.25, 0.3) is 5.91 Å². The van der Waals surface area contributed by atoms with Crippen LogP contribution in [0.25, 0.3) is 0 Å². The number of ether oxygens (including phenoxy) is 1. The summed E-state index contributed by atoms with van der Waals surface area (Å²) < 4.78 is 5.26.